The lowest BCUT2D eigenvalue weighted by atomic mass is 10.2. The number of anilines is 2. The summed E-state index contributed by atoms with van der Waals surface area (Å²) in [6, 6.07) is 13.4. The van der Waals surface area contributed by atoms with Crippen LogP contribution in [0.4, 0.5) is 11.4 Å². The molecule has 0 aliphatic heterocycles. The maximum Gasteiger partial charge on any atom is 0.262 e. The summed E-state index contributed by atoms with van der Waals surface area (Å²) < 4.78 is 33.7. The highest BCUT2D eigenvalue weighted by Crippen LogP contribution is 2.29. The first-order valence-corrected chi connectivity index (χ1v) is 11.2. The van der Waals surface area contributed by atoms with Crippen LogP contribution in [0.15, 0.2) is 53.4 Å². The molecule has 0 bridgehead atoms. The second kappa shape index (κ2) is 8.26. The van der Waals surface area contributed by atoms with E-state index < -0.39 is 10.0 Å². The van der Waals surface area contributed by atoms with Gasteiger partial charge >= 0.3 is 0 Å². The van der Waals surface area contributed by atoms with E-state index in [1.54, 1.807) is 54.7 Å². The Morgan fingerprint density at radius 2 is 1.76 bits per heavy atom. The predicted octanol–water partition coefficient (Wildman–Crippen LogP) is 4.74. The number of aryl methyl sites for hydroxylation is 3. The van der Waals surface area contributed by atoms with Gasteiger partial charge in [0.1, 0.15) is 5.75 Å². The van der Waals surface area contributed by atoms with Crippen molar-refractivity contribution < 1.29 is 17.9 Å². The number of hydrogen-bond donors (Lipinski definition) is 2. The number of ether oxygens (including phenoxy) is 1. The normalized spacial score (nSPS) is 11.2. The van der Waals surface area contributed by atoms with E-state index >= 15 is 0 Å². The molecule has 0 fully saturated rings. The molecule has 8 heteroatoms. The van der Waals surface area contributed by atoms with Crippen molar-refractivity contribution in [2.45, 2.75) is 25.7 Å². The predicted molar refractivity (Wildman–Crippen MR) is 117 cm³/mol. The van der Waals surface area contributed by atoms with Crippen LogP contribution in [-0.4, -0.2) is 21.4 Å². The summed E-state index contributed by atoms with van der Waals surface area (Å²) in [5.41, 5.74) is 1.90. The van der Waals surface area contributed by atoms with E-state index in [0.717, 1.165) is 9.75 Å². The van der Waals surface area contributed by atoms with Crippen molar-refractivity contribution in [2.75, 3.05) is 17.1 Å². The molecule has 0 aliphatic rings. The van der Waals surface area contributed by atoms with Gasteiger partial charge in [-0.2, -0.15) is 0 Å². The molecule has 1 amide bonds. The van der Waals surface area contributed by atoms with Crippen LogP contribution < -0.4 is 14.8 Å². The summed E-state index contributed by atoms with van der Waals surface area (Å²) in [5, 5.41) is 2.79. The fraction of sp³-hybridized carbons (Fsp3) is 0.190. The summed E-state index contributed by atoms with van der Waals surface area (Å²) in [6.07, 6.45) is 0. The molecular weight excluding hydrogens is 408 g/mol. The summed E-state index contributed by atoms with van der Waals surface area (Å²) in [5.74, 6) is 0.151. The van der Waals surface area contributed by atoms with Crippen molar-refractivity contribution in [1.82, 2.24) is 0 Å². The van der Waals surface area contributed by atoms with Crippen LogP contribution in [0.2, 0.25) is 0 Å². The highest BCUT2D eigenvalue weighted by molar-refractivity contribution is 7.92. The Balaban J connectivity index is 1.90. The molecule has 1 heterocycles. The fourth-order valence-electron chi connectivity index (χ4n) is 2.95. The van der Waals surface area contributed by atoms with Gasteiger partial charge in [-0.25, -0.2) is 8.42 Å². The molecule has 0 atom stereocenters. The molecule has 2 N–H and O–H groups in total. The van der Waals surface area contributed by atoms with Gasteiger partial charge in [0.2, 0.25) is 0 Å². The molecule has 0 unspecified atom stereocenters. The Kier molecular flexibility index (Phi) is 5.95. The average Bonchev–Trinajstić information content (AvgIpc) is 3.01. The first-order valence-electron chi connectivity index (χ1n) is 8.86. The minimum Gasteiger partial charge on any atom is -0.495 e. The van der Waals surface area contributed by atoms with E-state index in [2.05, 4.69) is 10.0 Å². The minimum absolute atomic E-state index is 0.0828. The van der Waals surface area contributed by atoms with E-state index in [0.29, 0.717) is 28.3 Å². The van der Waals surface area contributed by atoms with Crippen LogP contribution in [0, 0.1) is 20.8 Å². The lowest BCUT2D eigenvalue weighted by Crippen LogP contribution is -2.16. The number of carbonyl (C=O) groups excluding carboxylic acids is 1. The van der Waals surface area contributed by atoms with E-state index in [-0.39, 0.29) is 10.8 Å². The molecule has 3 rings (SSSR count). The molecule has 1 aromatic heterocycles. The zero-order valence-corrected chi connectivity index (χ0v) is 18.2. The lowest BCUT2D eigenvalue weighted by molar-refractivity contribution is 0.102. The van der Waals surface area contributed by atoms with Crippen molar-refractivity contribution in [3.8, 4) is 5.75 Å². The van der Waals surface area contributed by atoms with Crippen LogP contribution in [-0.2, 0) is 10.0 Å². The van der Waals surface area contributed by atoms with Crippen LogP contribution >= 0.6 is 11.3 Å². The first-order chi connectivity index (χ1) is 13.7. The molecule has 0 radical (unpaired) electrons. The maximum atomic E-state index is 13.0. The summed E-state index contributed by atoms with van der Waals surface area (Å²) >= 11 is 1.54. The molecule has 2 aromatic carbocycles. The second-order valence-corrected chi connectivity index (χ2v) is 9.68. The highest BCUT2D eigenvalue weighted by atomic mass is 32.2. The maximum absolute atomic E-state index is 13.0. The van der Waals surface area contributed by atoms with E-state index in [4.69, 9.17) is 4.74 Å². The number of carbonyl (C=O) groups is 1. The number of para-hydroxylation sites is 2. The van der Waals surface area contributed by atoms with Crippen LogP contribution in [0.1, 0.15) is 25.7 Å². The SMILES string of the molecule is COc1ccccc1NS(=O)(=O)c1cc(NC(=O)c2cc(C)sc2C)ccc1C. The largest absolute Gasteiger partial charge is 0.495 e. The Morgan fingerprint density at radius 1 is 1.03 bits per heavy atom. The number of nitrogens with one attached hydrogen (secondary N) is 2. The molecule has 152 valence electrons. The van der Waals surface area contributed by atoms with Crippen molar-refractivity contribution in [3.63, 3.8) is 0 Å². The van der Waals surface area contributed by atoms with Gasteiger partial charge in [-0.1, -0.05) is 18.2 Å². The van der Waals surface area contributed by atoms with Crippen LogP contribution in [0.25, 0.3) is 0 Å². The first kappa shape index (κ1) is 20.9. The number of rotatable bonds is 6. The number of methoxy groups -OCH3 is 1. The fourth-order valence-corrected chi connectivity index (χ4v) is 5.21. The molecule has 0 aliphatic carbocycles. The average molecular weight is 431 g/mol. The van der Waals surface area contributed by atoms with Gasteiger partial charge in [-0.15, -0.1) is 11.3 Å². The molecule has 0 saturated heterocycles. The van der Waals surface area contributed by atoms with Crippen molar-refractivity contribution >= 4 is 38.6 Å². The molecule has 6 nitrogen and oxygen atoms in total. The number of amides is 1. The van der Waals surface area contributed by atoms with E-state index in [1.165, 1.54) is 13.2 Å². The van der Waals surface area contributed by atoms with Gasteiger partial charge in [0.05, 0.1) is 23.3 Å². The zero-order valence-electron chi connectivity index (χ0n) is 16.6. The van der Waals surface area contributed by atoms with Crippen molar-refractivity contribution in [3.05, 3.63) is 69.4 Å². The summed E-state index contributed by atoms with van der Waals surface area (Å²) in [4.78, 5) is 14.6. The highest BCUT2D eigenvalue weighted by Gasteiger charge is 2.20. The third-order valence-corrected chi connectivity index (χ3v) is 6.85. The number of hydrogen-bond acceptors (Lipinski definition) is 5. The van der Waals surface area contributed by atoms with Gasteiger partial charge in [-0.05, 0) is 56.7 Å². The number of benzene rings is 2. The van der Waals surface area contributed by atoms with Crippen molar-refractivity contribution in [1.29, 1.82) is 0 Å². The lowest BCUT2D eigenvalue weighted by Gasteiger charge is -2.14. The molecule has 0 saturated carbocycles. The van der Waals surface area contributed by atoms with Crippen molar-refractivity contribution in [2.24, 2.45) is 0 Å². The second-order valence-electron chi connectivity index (χ2n) is 6.57. The van der Waals surface area contributed by atoms with E-state index in [9.17, 15) is 13.2 Å². The Hall–Kier alpha value is -2.84. The third kappa shape index (κ3) is 4.60. The summed E-state index contributed by atoms with van der Waals surface area (Å²) in [6.45, 7) is 5.53. The van der Waals surface area contributed by atoms with Gasteiger partial charge in [0, 0.05) is 15.4 Å². The zero-order chi connectivity index (χ0) is 21.2. The van der Waals surface area contributed by atoms with Crippen LogP contribution in [0.5, 0.6) is 5.75 Å². The molecule has 3 aromatic rings. The molecular formula is C21H22N2O4S2. The quantitative estimate of drug-likeness (QED) is 0.592. The standard InChI is InChI=1S/C21H22N2O4S2/c1-13-9-10-16(22-21(24)17-11-14(2)28-15(17)3)12-20(13)29(25,26)23-18-7-5-6-8-19(18)27-4/h5-12,23H,1-4H3,(H,22,24). The number of sulfonamides is 1. The summed E-state index contributed by atoms with van der Waals surface area (Å²) in [7, 11) is -2.41. The monoisotopic (exact) mass is 430 g/mol. The van der Waals surface area contributed by atoms with Crippen LogP contribution in [0.3, 0.4) is 0 Å². The molecule has 29 heavy (non-hydrogen) atoms. The van der Waals surface area contributed by atoms with Gasteiger partial charge < -0.3 is 10.1 Å². The smallest absolute Gasteiger partial charge is 0.262 e. The Morgan fingerprint density at radius 3 is 2.41 bits per heavy atom. The van der Waals surface area contributed by atoms with E-state index in [1.807, 2.05) is 19.9 Å². The Bertz CT molecular complexity index is 1170. The van der Waals surface area contributed by atoms with Gasteiger partial charge in [-0.3, -0.25) is 9.52 Å². The minimum atomic E-state index is -3.88. The molecule has 0 spiro atoms. The Labute approximate surface area is 174 Å². The van der Waals surface area contributed by atoms with Gasteiger partial charge in [0.25, 0.3) is 15.9 Å². The third-order valence-electron chi connectivity index (χ3n) is 4.37. The topological polar surface area (TPSA) is 84.5 Å². The number of thiophene rings is 1. The van der Waals surface area contributed by atoms with Gasteiger partial charge in [0.15, 0.2) is 0 Å².